The van der Waals surface area contributed by atoms with Crippen LogP contribution in [0.2, 0.25) is 0 Å². The summed E-state index contributed by atoms with van der Waals surface area (Å²) in [5, 5.41) is 25.1. The molecule has 3 nitrogen and oxygen atoms in total. The molecule has 0 bridgehead atoms. The van der Waals surface area contributed by atoms with Crippen LogP contribution in [0.5, 0.6) is 0 Å². The van der Waals surface area contributed by atoms with Crippen molar-refractivity contribution < 1.29 is 4.42 Å². The Bertz CT molecular complexity index is 2310. The molecule has 4 heteroatoms. The first-order valence-electron chi connectivity index (χ1n) is 13.6. The fourth-order valence-corrected chi connectivity index (χ4v) is 7.31. The van der Waals surface area contributed by atoms with Crippen molar-refractivity contribution in [2.75, 3.05) is 0 Å². The molecule has 0 fully saturated rings. The van der Waals surface area contributed by atoms with Gasteiger partial charge in [0.15, 0.2) is 0 Å². The largest absolute Gasteiger partial charge is 0.456 e. The zero-order valence-electron chi connectivity index (χ0n) is 22.3. The summed E-state index contributed by atoms with van der Waals surface area (Å²) in [6.07, 6.45) is 0. The van der Waals surface area contributed by atoms with E-state index in [2.05, 4.69) is 78.9 Å². The molecule has 0 N–H and O–H groups in total. The van der Waals surface area contributed by atoms with Crippen LogP contribution < -0.4 is 0 Å². The van der Waals surface area contributed by atoms with Gasteiger partial charge in [0.2, 0.25) is 0 Å². The molecule has 0 spiro atoms. The Morgan fingerprint density at radius 1 is 0.500 bits per heavy atom. The van der Waals surface area contributed by atoms with E-state index in [1.807, 2.05) is 54.6 Å². The van der Waals surface area contributed by atoms with E-state index in [-0.39, 0.29) is 0 Å². The Morgan fingerprint density at radius 3 is 1.93 bits per heavy atom. The summed E-state index contributed by atoms with van der Waals surface area (Å²) in [6.45, 7) is 0. The number of furan rings is 1. The monoisotopic (exact) mass is 552 g/mol. The van der Waals surface area contributed by atoms with E-state index >= 15 is 0 Å². The molecule has 2 aromatic heterocycles. The van der Waals surface area contributed by atoms with E-state index in [1.54, 1.807) is 11.3 Å². The van der Waals surface area contributed by atoms with Gasteiger partial charge in [0.05, 0.1) is 17.2 Å². The van der Waals surface area contributed by atoms with Crippen LogP contribution in [0, 0.1) is 22.7 Å². The summed E-state index contributed by atoms with van der Waals surface area (Å²) >= 11 is 1.76. The van der Waals surface area contributed by atoms with Crippen LogP contribution in [0.1, 0.15) is 11.1 Å². The topological polar surface area (TPSA) is 60.7 Å². The number of hydrogen-bond acceptors (Lipinski definition) is 4. The van der Waals surface area contributed by atoms with E-state index in [0.717, 1.165) is 60.7 Å². The molecule has 0 atom stereocenters. The second-order valence-corrected chi connectivity index (χ2v) is 11.4. The minimum atomic E-state index is 0.588. The van der Waals surface area contributed by atoms with Crippen LogP contribution in [-0.2, 0) is 0 Å². The summed E-state index contributed by atoms with van der Waals surface area (Å²) in [5.74, 6) is 0. The van der Waals surface area contributed by atoms with Crippen molar-refractivity contribution in [1.82, 2.24) is 0 Å². The Balaban J connectivity index is 1.54. The standard InChI is InChI=1S/C38H20N2OS/c39-21-23-9-1-2-10-25(23)24-19-30(26-13-7-16-34-37(26)28-11-3-5-15-33(28)41-34)32(22-40)31(20-24)27-14-8-18-36-38(27)29-12-4-6-17-35(29)42-36/h1-20H. The molecule has 8 aromatic rings. The second-order valence-electron chi connectivity index (χ2n) is 10.3. The Labute approximate surface area is 245 Å². The lowest BCUT2D eigenvalue weighted by atomic mass is 9.85. The molecule has 42 heavy (non-hydrogen) atoms. The highest BCUT2D eigenvalue weighted by Crippen LogP contribution is 2.46. The molecule has 8 rings (SSSR count). The van der Waals surface area contributed by atoms with Crippen LogP contribution in [0.3, 0.4) is 0 Å². The lowest BCUT2D eigenvalue weighted by Crippen LogP contribution is -1.95. The Kier molecular flexibility index (Phi) is 5.44. The van der Waals surface area contributed by atoms with Crippen molar-refractivity contribution in [3.63, 3.8) is 0 Å². The van der Waals surface area contributed by atoms with Crippen LogP contribution in [0.4, 0.5) is 0 Å². The van der Waals surface area contributed by atoms with Crippen molar-refractivity contribution in [1.29, 1.82) is 10.5 Å². The first-order chi connectivity index (χ1) is 20.7. The Hall–Kier alpha value is -5.68. The van der Waals surface area contributed by atoms with E-state index < -0.39 is 0 Å². The number of rotatable bonds is 3. The quantitative estimate of drug-likeness (QED) is 0.219. The predicted molar refractivity (Wildman–Crippen MR) is 172 cm³/mol. The highest BCUT2D eigenvalue weighted by Gasteiger charge is 2.22. The summed E-state index contributed by atoms with van der Waals surface area (Å²) in [5.41, 5.74) is 8.06. The van der Waals surface area contributed by atoms with Gasteiger partial charge in [0, 0.05) is 42.1 Å². The van der Waals surface area contributed by atoms with Crippen LogP contribution in [0.25, 0.3) is 75.5 Å². The van der Waals surface area contributed by atoms with Gasteiger partial charge in [0.1, 0.15) is 17.2 Å². The molecule has 0 saturated heterocycles. The van der Waals surface area contributed by atoms with Gasteiger partial charge in [-0.25, -0.2) is 0 Å². The van der Waals surface area contributed by atoms with Gasteiger partial charge in [-0.3, -0.25) is 0 Å². The van der Waals surface area contributed by atoms with Gasteiger partial charge < -0.3 is 4.42 Å². The van der Waals surface area contributed by atoms with Crippen molar-refractivity contribution in [3.8, 4) is 45.5 Å². The number of thiophene rings is 1. The third-order valence-corrected chi connectivity index (χ3v) is 9.13. The molecular weight excluding hydrogens is 532 g/mol. The average Bonchev–Trinajstić information content (AvgIpc) is 3.62. The second kappa shape index (κ2) is 9.46. The van der Waals surface area contributed by atoms with Crippen molar-refractivity contribution >= 4 is 53.4 Å². The summed E-state index contributed by atoms with van der Waals surface area (Å²) in [6, 6.07) is 45.5. The van der Waals surface area contributed by atoms with Crippen molar-refractivity contribution in [2.45, 2.75) is 0 Å². The Morgan fingerprint density at radius 2 is 1.12 bits per heavy atom. The molecule has 0 saturated carbocycles. The van der Waals surface area contributed by atoms with Crippen molar-refractivity contribution in [3.05, 3.63) is 132 Å². The van der Waals surface area contributed by atoms with Gasteiger partial charge in [0.25, 0.3) is 0 Å². The highest BCUT2D eigenvalue weighted by molar-refractivity contribution is 7.25. The smallest absolute Gasteiger partial charge is 0.136 e. The number of para-hydroxylation sites is 1. The lowest BCUT2D eigenvalue weighted by molar-refractivity contribution is 0.669. The van der Waals surface area contributed by atoms with Gasteiger partial charge >= 0.3 is 0 Å². The molecule has 2 heterocycles. The summed E-state index contributed by atoms with van der Waals surface area (Å²) in [7, 11) is 0. The third-order valence-electron chi connectivity index (χ3n) is 7.99. The van der Waals surface area contributed by atoms with Gasteiger partial charge in [-0.1, -0.05) is 78.9 Å². The van der Waals surface area contributed by atoms with Gasteiger partial charge in [-0.15, -0.1) is 11.3 Å². The number of fused-ring (bicyclic) bond motifs is 6. The fraction of sp³-hybridized carbons (Fsp3) is 0. The van der Waals surface area contributed by atoms with Crippen LogP contribution in [-0.4, -0.2) is 0 Å². The maximum atomic E-state index is 10.8. The maximum Gasteiger partial charge on any atom is 0.136 e. The third kappa shape index (κ3) is 3.57. The van der Waals surface area contributed by atoms with E-state index in [4.69, 9.17) is 4.42 Å². The van der Waals surface area contributed by atoms with Gasteiger partial charge in [-0.05, 0) is 64.7 Å². The van der Waals surface area contributed by atoms with Crippen LogP contribution >= 0.6 is 11.3 Å². The summed E-state index contributed by atoms with van der Waals surface area (Å²) in [4.78, 5) is 0. The van der Waals surface area contributed by atoms with Gasteiger partial charge in [-0.2, -0.15) is 10.5 Å². The SMILES string of the molecule is N#Cc1ccccc1-c1cc(-c2cccc3oc4ccccc4c23)c(C#N)c(-c2cccc3sc4ccccc4c23)c1. The fourth-order valence-electron chi connectivity index (χ4n) is 6.17. The molecule has 0 aliphatic carbocycles. The summed E-state index contributed by atoms with van der Waals surface area (Å²) < 4.78 is 8.60. The number of benzene rings is 6. The zero-order valence-corrected chi connectivity index (χ0v) is 23.1. The lowest BCUT2D eigenvalue weighted by Gasteiger charge is -2.16. The number of hydrogen-bond donors (Lipinski definition) is 0. The van der Waals surface area contributed by atoms with Crippen LogP contribution in [0.15, 0.2) is 126 Å². The van der Waals surface area contributed by atoms with E-state index in [1.165, 1.54) is 14.8 Å². The highest BCUT2D eigenvalue weighted by atomic mass is 32.1. The molecule has 0 radical (unpaired) electrons. The normalized spacial score (nSPS) is 11.3. The first-order valence-corrected chi connectivity index (χ1v) is 14.5. The molecule has 0 aliphatic heterocycles. The molecular formula is C38H20N2OS. The molecule has 0 unspecified atom stereocenters. The average molecular weight is 553 g/mol. The maximum absolute atomic E-state index is 10.8. The number of nitriles is 2. The van der Waals surface area contributed by atoms with Crippen molar-refractivity contribution in [2.24, 2.45) is 0 Å². The predicted octanol–water partition coefficient (Wildman–Crippen LogP) is 10.7. The zero-order chi connectivity index (χ0) is 28.2. The minimum absolute atomic E-state index is 0.588. The van der Waals surface area contributed by atoms with E-state index in [0.29, 0.717) is 11.1 Å². The minimum Gasteiger partial charge on any atom is -0.456 e. The van der Waals surface area contributed by atoms with E-state index in [9.17, 15) is 10.5 Å². The molecule has 194 valence electrons. The number of nitrogens with zero attached hydrogens (tertiary/aromatic N) is 2. The molecule has 0 aliphatic rings. The molecule has 0 amide bonds. The molecule has 6 aromatic carbocycles. The first kappa shape index (κ1) is 24.1.